The Morgan fingerprint density at radius 3 is 2.59 bits per heavy atom. The van der Waals surface area contributed by atoms with E-state index in [0.717, 1.165) is 19.1 Å². The summed E-state index contributed by atoms with van der Waals surface area (Å²) in [6.07, 6.45) is 6.71. The van der Waals surface area contributed by atoms with Crippen LogP contribution in [-0.4, -0.2) is 19.7 Å². The molecule has 1 aromatic rings. The third-order valence-corrected chi connectivity index (χ3v) is 3.52. The summed E-state index contributed by atoms with van der Waals surface area (Å²) < 4.78 is 23.4. The van der Waals surface area contributed by atoms with Gasteiger partial charge in [0, 0.05) is 18.0 Å². The van der Waals surface area contributed by atoms with Crippen molar-refractivity contribution in [3.05, 3.63) is 35.9 Å². The second kappa shape index (κ2) is 6.96. The molecule has 0 aliphatic carbocycles. The quantitative estimate of drug-likeness (QED) is 0.551. The van der Waals surface area contributed by atoms with Gasteiger partial charge in [-0.05, 0) is 31.4 Å². The largest absolute Gasteiger partial charge is 0.303 e. The van der Waals surface area contributed by atoms with E-state index in [4.69, 9.17) is 0 Å². The summed E-state index contributed by atoms with van der Waals surface area (Å²) in [4.78, 5) is 13.9. The Hall–Kier alpha value is -1.49. The lowest BCUT2D eigenvalue weighted by atomic mass is 10.2. The Kier molecular flexibility index (Phi) is 5.56. The van der Waals surface area contributed by atoms with Gasteiger partial charge in [-0.2, -0.15) is 0 Å². The Labute approximate surface area is 101 Å². The summed E-state index contributed by atoms with van der Waals surface area (Å²) in [5, 5.41) is 1.24. The number of aldehydes is 1. The molecule has 1 heterocycles. The molecule has 92 valence electrons. The Morgan fingerprint density at radius 2 is 1.94 bits per heavy atom. The van der Waals surface area contributed by atoms with E-state index in [1.54, 1.807) is 18.2 Å². The van der Waals surface area contributed by atoms with Gasteiger partial charge in [0.2, 0.25) is 9.84 Å². The first-order valence-electron chi connectivity index (χ1n) is 5.43. The van der Waals surface area contributed by atoms with Crippen LogP contribution in [-0.2, 0) is 14.6 Å². The van der Waals surface area contributed by atoms with Gasteiger partial charge in [0.15, 0.2) is 5.03 Å². The van der Waals surface area contributed by atoms with Crippen molar-refractivity contribution < 1.29 is 13.2 Å². The number of pyridine rings is 1. The van der Waals surface area contributed by atoms with Gasteiger partial charge < -0.3 is 4.79 Å². The smallest absolute Gasteiger partial charge is 0.216 e. The van der Waals surface area contributed by atoms with Crippen molar-refractivity contribution in [3.63, 3.8) is 0 Å². The second-order valence-corrected chi connectivity index (χ2v) is 5.32. The highest BCUT2D eigenvalue weighted by molar-refractivity contribution is 7.94. The lowest BCUT2D eigenvalue weighted by Gasteiger charge is -1.96. The number of allylic oxidation sites excluding steroid dienone is 1. The standard InChI is InChI=1S/C12H15NO3S/c14-10-6-2-1-3-7-11-17(15,16)12-8-4-5-9-13-12/h4-5,7-11H,1-3,6H2/b11-7+. The molecule has 1 aromatic heterocycles. The molecule has 17 heavy (non-hydrogen) atoms. The number of unbranched alkanes of at least 4 members (excludes halogenated alkanes) is 3. The van der Waals surface area contributed by atoms with Crippen molar-refractivity contribution in [3.8, 4) is 0 Å². The summed E-state index contributed by atoms with van der Waals surface area (Å²) in [5.41, 5.74) is 0. The molecule has 0 N–H and O–H groups in total. The average molecular weight is 253 g/mol. The van der Waals surface area contributed by atoms with Crippen molar-refractivity contribution in [2.75, 3.05) is 0 Å². The van der Waals surface area contributed by atoms with Crippen LogP contribution < -0.4 is 0 Å². The van der Waals surface area contributed by atoms with E-state index in [0.29, 0.717) is 12.8 Å². The van der Waals surface area contributed by atoms with Crippen LogP contribution in [0.2, 0.25) is 0 Å². The molecule has 0 saturated heterocycles. The van der Waals surface area contributed by atoms with Gasteiger partial charge in [0.1, 0.15) is 6.29 Å². The van der Waals surface area contributed by atoms with Gasteiger partial charge in [-0.1, -0.05) is 12.1 Å². The number of rotatable bonds is 7. The summed E-state index contributed by atoms with van der Waals surface area (Å²) in [6.45, 7) is 0. The van der Waals surface area contributed by atoms with E-state index in [1.165, 1.54) is 17.7 Å². The molecule has 5 heteroatoms. The zero-order valence-corrected chi connectivity index (χ0v) is 10.3. The van der Waals surface area contributed by atoms with E-state index < -0.39 is 9.84 Å². The molecule has 0 aliphatic heterocycles. The SMILES string of the molecule is O=CCCCC/C=C/S(=O)(=O)c1ccccn1. The van der Waals surface area contributed by atoms with E-state index in [9.17, 15) is 13.2 Å². The van der Waals surface area contributed by atoms with E-state index in [-0.39, 0.29) is 5.03 Å². The second-order valence-electron chi connectivity index (χ2n) is 3.54. The Morgan fingerprint density at radius 1 is 1.18 bits per heavy atom. The van der Waals surface area contributed by atoms with Crippen LogP contribution in [0.3, 0.4) is 0 Å². The van der Waals surface area contributed by atoms with Crippen LogP contribution in [0.1, 0.15) is 25.7 Å². The maximum absolute atomic E-state index is 11.7. The number of carbonyl (C=O) groups excluding carboxylic acids is 1. The fourth-order valence-corrected chi connectivity index (χ4v) is 2.27. The molecule has 0 atom stereocenters. The fourth-order valence-electron chi connectivity index (χ4n) is 1.27. The average Bonchev–Trinajstić information content (AvgIpc) is 2.35. The van der Waals surface area contributed by atoms with E-state index >= 15 is 0 Å². The molecule has 0 spiro atoms. The molecule has 4 nitrogen and oxygen atoms in total. The van der Waals surface area contributed by atoms with Gasteiger partial charge in [-0.3, -0.25) is 0 Å². The fraction of sp³-hybridized carbons (Fsp3) is 0.333. The van der Waals surface area contributed by atoms with Crippen LogP contribution in [0.15, 0.2) is 40.9 Å². The number of carbonyl (C=O) groups is 1. The van der Waals surface area contributed by atoms with Crippen LogP contribution in [0.25, 0.3) is 0 Å². The number of nitrogens with zero attached hydrogens (tertiary/aromatic N) is 1. The van der Waals surface area contributed by atoms with Crippen molar-refractivity contribution >= 4 is 16.1 Å². The highest BCUT2D eigenvalue weighted by Crippen LogP contribution is 2.09. The minimum Gasteiger partial charge on any atom is -0.303 e. The van der Waals surface area contributed by atoms with Gasteiger partial charge in [0.05, 0.1) is 0 Å². The number of aromatic nitrogens is 1. The predicted octanol–water partition coefficient (Wildman–Crippen LogP) is 2.13. The monoisotopic (exact) mass is 253 g/mol. The molecular formula is C12H15NO3S. The topological polar surface area (TPSA) is 64.1 Å². The molecule has 0 aromatic carbocycles. The zero-order chi connectivity index (χ0) is 12.6. The predicted molar refractivity (Wildman–Crippen MR) is 65.1 cm³/mol. The number of sulfone groups is 1. The first kappa shape index (κ1) is 13.6. The third-order valence-electron chi connectivity index (χ3n) is 2.15. The maximum atomic E-state index is 11.7. The van der Waals surface area contributed by atoms with Crippen LogP contribution in [0, 0.1) is 0 Å². The van der Waals surface area contributed by atoms with Crippen LogP contribution in [0.5, 0.6) is 0 Å². The maximum Gasteiger partial charge on any atom is 0.216 e. The summed E-state index contributed by atoms with van der Waals surface area (Å²) >= 11 is 0. The minimum atomic E-state index is -3.41. The van der Waals surface area contributed by atoms with Gasteiger partial charge in [-0.25, -0.2) is 13.4 Å². The lowest BCUT2D eigenvalue weighted by Crippen LogP contribution is -1.98. The molecule has 0 bridgehead atoms. The molecule has 0 saturated carbocycles. The normalized spacial score (nSPS) is 11.8. The summed E-state index contributed by atoms with van der Waals surface area (Å²) in [5.74, 6) is 0. The summed E-state index contributed by atoms with van der Waals surface area (Å²) in [6, 6.07) is 4.77. The van der Waals surface area contributed by atoms with Gasteiger partial charge in [-0.15, -0.1) is 0 Å². The first-order chi connectivity index (χ1) is 8.17. The van der Waals surface area contributed by atoms with Gasteiger partial charge >= 0.3 is 0 Å². The Bertz CT molecular complexity index is 466. The molecule has 1 rings (SSSR count). The van der Waals surface area contributed by atoms with Crippen LogP contribution in [0.4, 0.5) is 0 Å². The van der Waals surface area contributed by atoms with Crippen molar-refractivity contribution in [1.29, 1.82) is 0 Å². The third kappa shape index (κ3) is 4.91. The molecule has 0 aliphatic rings. The Balaban J connectivity index is 2.50. The van der Waals surface area contributed by atoms with Gasteiger partial charge in [0.25, 0.3) is 0 Å². The zero-order valence-electron chi connectivity index (χ0n) is 9.45. The first-order valence-corrected chi connectivity index (χ1v) is 6.98. The molecular weight excluding hydrogens is 238 g/mol. The van der Waals surface area contributed by atoms with E-state index in [2.05, 4.69) is 4.98 Å². The van der Waals surface area contributed by atoms with Crippen molar-refractivity contribution in [2.45, 2.75) is 30.7 Å². The molecule has 0 radical (unpaired) electrons. The summed E-state index contributed by atoms with van der Waals surface area (Å²) in [7, 11) is -3.41. The van der Waals surface area contributed by atoms with Crippen molar-refractivity contribution in [1.82, 2.24) is 4.98 Å². The van der Waals surface area contributed by atoms with Crippen LogP contribution >= 0.6 is 0 Å². The highest BCUT2D eigenvalue weighted by Gasteiger charge is 2.09. The highest BCUT2D eigenvalue weighted by atomic mass is 32.2. The lowest BCUT2D eigenvalue weighted by molar-refractivity contribution is -0.107. The molecule has 0 unspecified atom stereocenters. The number of hydrogen-bond donors (Lipinski definition) is 0. The number of hydrogen-bond acceptors (Lipinski definition) is 4. The van der Waals surface area contributed by atoms with Crippen molar-refractivity contribution in [2.24, 2.45) is 0 Å². The molecule has 0 fully saturated rings. The minimum absolute atomic E-state index is 0.0594. The van der Waals surface area contributed by atoms with E-state index in [1.807, 2.05) is 0 Å². The molecule has 0 amide bonds.